The highest BCUT2D eigenvalue weighted by molar-refractivity contribution is 6.08. The van der Waals surface area contributed by atoms with E-state index in [1.165, 1.54) is 25.3 Å². The Balaban J connectivity index is 1.65. The molecule has 0 aliphatic heterocycles. The summed E-state index contributed by atoms with van der Waals surface area (Å²) in [5.41, 5.74) is 1.77. The predicted octanol–water partition coefficient (Wildman–Crippen LogP) is 4.81. The van der Waals surface area contributed by atoms with Crippen molar-refractivity contribution in [3.8, 4) is 34.3 Å². The summed E-state index contributed by atoms with van der Waals surface area (Å²) in [5.74, 6) is 0.747. The fraction of sp³-hybridized carbons (Fsp3) is 0.0870. The number of ether oxygens (including phenoxy) is 2. The second kappa shape index (κ2) is 8.66. The van der Waals surface area contributed by atoms with Crippen molar-refractivity contribution in [1.82, 2.24) is 10.1 Å². The fourth-order valence-electron chi connectivity index (χ4n) is 3.06. The Morgan fingerprint density at radius 3 is 2.55 bits per heavy atom. The first kappa shape index (κ1) is 20.1. The minimum Gasteiger partial charge on any atom is -0.493 e. The van der Waals surface area contributed by atoms with Crippen molar-refractivity contribution in [2.75, 3.05) is 19.5 Å². The highest BCUT2D eigenvalue weighted by Gasteiger charge is 2.19. The molecule has 0 spiro atoms. The summed E-state index contributed by atoms with van der Waals surface area (Å²) in [7, 11) is 3.09. The molecule has 0 aliphatic rings. The largest absolute Gasteiger partial charge is 0.493 e. The number of hydrogen-bond acceptors (Lipinski definition) is 6. The van der Waals surface area contributed by atoms with Crippen molar-refractivity contribution < 1.29 is 23.2 Å². The van der Waals surface area contributed by atoms with Crippen LogP contribution in [-0.2, 0) is 0 Å². The van der Waals surface area contributed by atoms with E-state index in [2.05, 4.69) is 15.5 Å². The zero-order valence-electron chi connectivity index (χ0n) is 16.8. The van der Waals surface area contributed by atoms with Gasteiger partial charge in [-0.25, -0.2) is 4.39 Å². The third-order valence-corrected chi connectivity index (χ3v) is 4.55. The summed E-state index contributed by atoms with van der Waals surface area (Å²) in [5, 5.41) is 6.70. The Bertz CT molecular complexity index is 1240. The molecule has 0 bridgehead atoms. The number of aromatic nitrogens is 2. The van der Waals surface area contributed by atoms with Gasteiger partial charge in [-0.2, -0.15) is 4.98 Å². The van der Waals surface area contributed by atoms with Gasteiger partial charge in [-0.15, -0.1) is 0 Å². The molecule has 4 rings (SSSR count). The zero-order valence-corrected chi connectivity index (χ0v) is 16.8. The first-order valence-corrected chi connectivity index (χ1v) is 9.31. The molecule has 1 heterocycles. The van der Waals surface area contributed by atoms with Crippen molar-refractivity contribution in [1.29, 1.82) is 0 Å². The lowest BCUT2D eigenvalue weighted by atomic mass is 10.1. The molecular formula is C23H18FN3O4. The lowest BCUT2D eigenvalue weighted by Gasteiger charge is -2.08. The normalized spacial score (nSPS) is 10.5. The number of nitrogens with one attached hydrogen (secondary N) is 1. The molecule has 8 heteroatoms. The number of carbonyl (C=O) groups excluding carboxylic acids is 1. The molecular weight excluding hydrogens is 401 g/mol. The minimum absolute atomic E-state index is 0.176. The van der Waals surface area contributed by atoms with E-state index in [1.807, 2.05) is 0 Å². The number of methoxy groups -OCH3 is 2. The Hall–Kier alpha value is -4.20. The molecule has 1 amide bonds. The predicted molar refractivity (Wildman–Crippen MR) is 113 cm³/mol. The summed E-state index contributed by atoms with van der Waals surface area (Å²) in [6.07, 6.45) is 0. The molecule has 156 valence electrons. The van der Waals surface area contributed by atoms with E-state index < -0.39 is 11.7 Å². The van der Waals surface area contributed by atoms with Crippen LogP contribution >= 0.6 is 0 Å². The van der Waals surface area contributed by atoms with Gasteiger partial charge in [0.25, 0.3) is 11.8 Å². The van der Waals surface area contributed by atoms with Gasteiger partial charge in [0, 0.05) is 11.3 Å². The zero-order chi connectivity index (χ0) is 21.8. The molecule has 0 saturated heterocycles. The maximum atomic E-state index is 13.4. The van der Waals surface area contributed by atoms with Crippen LogP contribution in [0.1, 0.15) is 10.4 Å². The number of carbonyl (C=O) groups is 1. The Kier molecular flexibility index (Phi) is 5.61. The molecule has 7 nitrogen and oxygen atoms in total. The van der Waals surface area contributed by atoms with Crippen molar-refractivity contribution in [2.24, 2.45) is 0 Å². The molecule has 1 aromatic heterocycles. The number of benzene rings is 3. The van der Waals surface area contributed by atoms with Crippen LogP contribution in [0.25, 0.3) is 22.8 Å². The number of rotatable bonds is 6. The first-order valence-electron chi connectivity index (χ1n) is 9.31. The molecule has 0 fully saturated rings. The van der Waals surface area contributed by atoms with Gasteiger partial charge in [-0.3, -0.25) is 4.79 Å². The quantitative estimate of drug-likeness (QED) is 0.483. The van der Waals surface area contributed by atoms with Crippen LogP contribution in [0.2, 0.25) is 0 Å². The number of hydrogen-bond donors (Lipinski definition) is 1. The van der Waals surface area contributed by atoms with Crippen molar-refractivity contribution in [3.63, 3.8) is 0 Å². The molecule has 4 aromatic rings. The van der Waals surface area contributed by atoms with E-state index in [1.54, 1.807) is 55.6 Å². The molecule has 3 aromatic carbocycles. The summed E-state index contributed by atoms with van der Waals surface area (Å²) in [6, 6.07) is 17.7. The van der Waals surface area contributed by atoms with Gasteiger partial charge in [-0.1, -0.05) is 23.4 Å². The van der Waals surface area contributed by atoms with Gasteiger partial charge in [0.1, 0.15) is 5.82 Å². The number of nitrogens with zero attached hydrogens (tertiary/aromatic N) is 2. The van der Waals surface area contributed by atoms with E-state index >= 15 is 0 Å². The average molecular weight is 419 g/mol. The van der Waals surface area contributed by atoms with E-state index in [-0.39, 0.29) is 5.89 Å². The fourth-order valence-corrected chi connectivity index (χ4v) is 3.06. The minimum atomic E-state index is -0.442. The number of halogens is 1. The Labute approximate surface area is 177 Å². The third kappa shape index (κ3) is 4.23. The van der Waals surface area contributed by atoms with E-state index in [0.717, 1.165) is 0 Å². The molecule has 31 heavy (non-hydrogen) atoms. The molecule has 0 radical (unpaired) electrons. The van der Waals surface area contributed by atoms with E-state index in [4.69, 9.17) is 14.0 Å². The summed E-state index contributed by atoms with van der Waals surface area (Å²) >= 11 is 0. The van der Waals surface area contributed by atoms with Gasteiger partial charge in [0.2, 0.25) is 5.82 Å². The topological polar surface area (TPSA) is 86.5 Å². The molecule has 0 atom stereocenters. The van der Waals surface area contributed by atoms with Gasteiger partial charge in [0.05, 0.1) is 25.3 Å². The lowest BCUT2D eigenvalue weighted by Crippen LogP contribution is -2.13. The SMILES string of the molecule is COc1ccc(-c2noc(-c3ccccc3C(=O)Nc3cccc(F)c3)n2)cc1OC. The van der Waals surface area contributed by atoms with Crippen LogP contribution in [0.3, 0.4) is 0 Å². The summed E-state index contributed by atoms with van der Waals surface area (Å²) < 4.78 is 29.4. The standard InChI is InChI=1S/C23H18FN3O4/c1-29-19-11-10-14(12-20(19)30-2)21-26-23(31-27-21)18-9-4-3-8-17(18)22(28)25-16-7-5-6-15(24)13-16/h3-13H,1-2H3,(H,25,28). The third-order valence-electron chi connectivity index (χ3n) is 4.55. The smallest absolute Gasteiger partial charge is 0.259 e. The summed E-state index contributed by atoms with van der Waals surface area (Å²) in [6.45, 7) is 0. The summed E-state index contributed by atoms with van der Waals surface area (Å²) in [4.78, 5) is 17.2. The number of anilines is 1. The Morgan fingerprint density at radius 2 is 1.77 bits per heavy atom. The average Bonchev–Trinajstić information content (AvgIpc) is 3.29. The Morgan fingerprint density at radius 1 is 0.968 bits per heavy atom. The van der Waals surface area contributed by atoms with Crippen LogP contribution in [0.15, 0.2) is 71.3 Å². The van der Waals surface area contributed by atoms with Crippen LogP contribution in [0, 0.1) is 5.82 Å². The van der Waals surface area contributed by atoms with Crippen molar-refractivity contribution in [3.05, 3.63) is 78.1 Å². The van der Waals surface area contributed by atoms with Crippen LogP contribution in [-0.4, -0.2) is 30.3 Å². The van der Waals surface area contributed by atoms with Crippen molar-refractivity contribution >= 4 is 11.6 Å². The van der Waals surface area contributed by atoms with E-state index in [0.29, 0.717) is 39.7 Å². The maximum absolute atomic E-state index is 13.4. The highest BCUT2D eigenvalue weighted by Crippen LogP contribution is 2.32. The highest BCUT2D eigenvalue weighted by atomic mass is 19.1. The second-order valence-electron chi connectivity index (χ2n) is 6.50. The molecule has 0 aliphatic carbocycles. The van der Waals surface area contributed by atoms with Gasteiger partial charge in [-0.05, 0) is 48.5 Å². The maximum Gasteiger partial charge on any atom is 0.259 e. The molecule has 0 unspecified atom stereocenters. The van der Waals surface area contributed by atoms with Gasteiger partial charge >= 0.3 is 0 Å². The molecule has 0 saturated carbocycles. The second-order valence-corrected chi connectivity index (χ2v) is 6.50. The monoisotopic (exact) mass is 419 g/mol. The number of amides is 1. The first-order chi connectivity index (χ1) is 15.1. The van der Waals surface area contributed by atoms with Gasteiger partial charge < -0.3 is 19.3 Å². The van der Waals surface area contributed by atoms with E-state index in [9.17, 15) is 9.18 Å². The van der Waals surface area contributed by atoms with Crippen LogP contribution in [0.5, 0.6) is 11.5 Å². The van der Waals surface area contributed by atoms with Crippen LogP contribution < -0.4 is 14.8 Å². The molecule has 1 N–H and O–H groups in total. The lowest BCUT2D eigenvalue weighted by molar-refractivity contribution is 0.102. The van der Waals surface area contributed by atoms with Gasteiger partial charge in [0.15, 0.2) is 11.5 Å². The van der Waals surface area contributed by atoms with Crippen molar-refractivity contribution in [2.45, 2.75) is 0 Å². The van der Waals surface area contributed by atoms with Crippen LogP contribution in [0.4, 0.5) is 10.1 Å².